The van der Waals surface area contributed by atoms with Crippen molar-refractivity contribution >= 4 is 29.3 Å². The highest BCUT2D eigenvalue weighted by atomic mass is 35.5. The quantitative estimate of drug-likeness (QED) is 0.561. The van der Waals surface area contributed by atoms with Gasteiger partial charge in [-0.3, -0.25) is 24.0 Å². The number of hydrogen-bond acceptors (Lipinski definition) is 5. The molecule has 1 aromatic heterocycles. The lowest BCUT2D eigenvalue weighted by Gasteiger charge is -2.19. The number of rotatable bonds is 7. The zero-order chi connectivity index (χ0) is 20.8. The summed E-state index contributed by atoms with van der Waals surface area (Å²) in [5.74, 6) is -1.36. The molecule has 0 atom stereocenters. The summed E-state index contributed by atoms with van der Waals surface area (Å²) in [5.41, 5.74) is -1.06. The number of halogens is 1. The van der Waals surface area contributed by atoms with E-state index in [2.05, 4.69) is 5.32 Å². The maximum atomic E-state index is 12.6. The Morgan fingerprint density at radius 3 is 2.39 bits per heavy atom. The first-order valence-electron chi connectivity index (χ1n) is 8.67. The third kappa shape index (κ3) is 4.89. The molecule has 0 saturated heterocycles. The van der Waals surface area contributed by atoms with Crippen LogP contribution in [0.4, 0.5) is 10.6 Å². The van der Waals surface area contributed by atoms with Gasteiger partial charge in [-0.15, -0.1) is 11.6 Å². The minimum absolute atomic E-state index is 0.00921. The summed E-state index contributed by atoms with van der Waals surface area (Å²) in [6, 6.07) is 8.99. The summed E-state index contributed by atoms with van der Waals surface area (Å²) >= 11 is 5.63. The molecule has 150 valence electrons. The van der Waals surface area contributed by atoms with E-state index in [9.17, 15) is 19.2 Å². The van der Waals surface area contributed by atoms with E-state index in [1.807, 2.05) is 19.9 Å². The monoisotopic (exact) mass is 407 g/mol. The molecule has 0 saturated carbocycles. The van der Waals surface area contributed by atoms with E-state index in [1.54, 1.807) is 24.3 Å². The fraction of sp³-hybridized carbons (Fsp3) is 0.368. The summed E-state index contributed by atoms with van der Waals surface area (Å²) in [5, 5.41) is 2.39. The minimum atomic E-state index is -0.891. The molecule has 0 aliphatic heterocycles. The van der Waals surface area contributed by atoms with Gasteiger partial charge in [-0.05, 0) is 11.5 Å². The van der Waals surface area contributed by atoms with Gasteiger partial charge in [0.05, 0.1) is 5.88 Å². The Morgan fingerprint density at radius 2 is 1.82 bits per heavy atom. The van der Waals surface area contributed by atoms with E-state index in [0.717, 1.165) is 10.1 Å². The van der Waals surface area contributed by atoms with Crippen LogP contribution < -0.4 is 16.6 Å². The van der Waals surface area contributed by atoms with Gasteiger partial charge in [0.2, 0.25) is 0 Å². The van der Waals surface area contributed by atoms with Crippen LogP contribution in [0.2, 0.25) is 0 Å². The van der Waals surface area contributed by atoms with E-state index in [4.69, 9.17) is 16.3 Å². The molecule has 0 spiro atoms. The van der Waals surface area contributed by atoms with Gasteiger partial charge in [0.15, 0.2) is 5.78 Å². The first kappa shape index (κ1) is 21.4. The Kier molecular flexibility index (Phi) is 7.17. The van der Waals surface area contributed by atoms with Crippen molar-refractivity contribution in [1.29, 1.82) is 0 Å². The lowest BCUT2D eigenvalue weighted by molar-refractivity contribution is 0.101. The molecule has 0 aliphatic rings. The average molecular weight is 408 g/mol. The summed E-state index contributed by atoms with van der Waals surface area (Å²) in [6.07, 6.45) is -0.891. The summed E-state index contributed by atoms with van der Waals surface area (Å²) in [7, 11) is 1.27. The smallest absolute Gasteiger partial charge is 0.413 e. The van der Waals surface area contributed by atoms with Gasteiger partial charge >= 0.3 is 11.8 Å². The number of ether oxygens (including phenoxy) is 1. The molecule has 0 fully saturated rings. The molecular formula is C19H22ClN3O5. The van der Waals surface area contributed by atoms with Crippen LogP contribution in [0.5, 0.6) is 0 Å². The molecule has 0 unspecified atom stereocenters. The first-order valence-corrected chi connectivity index (χ1v) is 9.20. The zero-order valence-corrected chi connectivity index (χ0v) is 16.7. The lowest BCUT2D eigenvalue weighted by atomic mass is 10.2. The van der Waals surface area contributed by atoms with E-state index in [0.29, 0.717) is 0 Å². The van der Waals surface area contributed by atoms with Crippen LogP contribution in [0.3, 0.4) is 0 Å². The van der Waals surface area contributed by atoms with Crippen LogP contribution in [0.1, 0.15) is 29.8 Å². The van der Waals surface area contributed by atoms with E-state index in [-0.39, 0.29) is 30.5 Å². The average Bonchev–Trinajstić information content (AvgIpc) is 2.68. The van der Waals surface area contributed by atoms with Crippen LogP contribution >= 0.6 is 11.6 Å². The first-order chi connectivity index (χ1) is 13.3. The highest BCUT2D eigenvalue weighted by Gasteiger charge is 2.25. The van der Waals surface area contributed by atoms with Gasteiger partial charge in [-0.1, -0.05) is 44.2 Å². The van der Waals surface area contributed by atoms with Gasteiger partial charge in [0.1, 0.15) is 18.0 Å². The number of carbonyl (C=O) groups is 2. The third-order valence-electron chi connectivity index (χ3n) is 3.92. The molecular weight excluding hydrogens is 386 g/mol. The summed E-state index contributed by atoms with van der Waals surface area (Å²) in [4.78, 5) is 49.6. The van der Waals surface area contributed by atoms with Crippen molar-refractivity contribution in [2.24, 2.45) is 13.0 Å². The predicted octanol–water partition coefficient (Wildman–Crippen LogP) is 2.37. The molecule has 1 N–H and O–H groups in total. The number of aromatic nitrogens is 2. The number of anilines is 1. The van der Waals surface area contributed by atoms with Crippen LogP contribution in [0.25, 0.3) is 0 Å². The minimum Gasteiger partial charge on any atom is -0.444 e. The third-order valence-corrected chi connectivity index (χ3v) is 4.17. The highest BCUT2D eigenvalue weighted by molar-refractivity contribution is 6.31. The second kappa shape index (κ2) is 9.36. The van der Waals surface area contributed by atoms with Crippen LogP contribution in [-0.2, 0) is 24.9 Å². The van der Waals surface area contributed by atoms with Gasteiger partial charge in [-0.2, -0.15) is 0 Å². The van der Waals surface area contributed by atoms with Crippen LogP contribution in [-0.4, -0.2) is 26.9 Å². The summed E-state index contributed by atoms with van der Waals surface area (Å²) < 4.78 is 7.15. The van der Waals surface area contributed by atoms with E-state index < -0.39 is 29.0 Å². The molecule has 28 heavy (non-hydrogen) atoms. The molecule has 1 aromatic carbocycles. The maximum Gasteiger partial charge on any atom is 0.413 e. The Morgan fingerprint density at radius 1 is 1.18 bits per heavy atom. The molecule has 0 aliphatic carbocycles. The Hall–Kier alpha value is -2.87. The largest absolute Gasteiger partial charge is 0.444 e. The molecule has 0 radical (unpaired) electrons. The van der Waals surface area contributed by atoms with Crippen LogP contribution in [0, 0.1) is 5.92 Å². The topological polar surface area (TPSA) is 99.4 Å². The maximum absolute atomic E-state index is 12.6. The number of ketones is 1. The number of nitrogens with one attached hydrogen (secondary N) is 1. The second-order valence-corrected chi connectivity index (χ2v) is 6.89. The van der Waals surface area contributed by atoms with Crippen LogP contribution in [0.15, 0.2) is 39.9 Å². The number of carbonyl (C=O) groups excluding carboxylic acids is 2. The van der Waals surface area contributed by atoms with Gasteiger partial charge in [0, 0.05) is 13.6 Å². The van der Waals surface area contributed by atoms with Crippen molar-refractivity contribution in [3.8, 4) is 0 Å². The van der Waals surface area contributed by atoms with E-state index in [1.165, 1.54) is 11.6 Å². The standard InChI is InChI=1S/C19H22ClN3O5/c1-12(2)10-23-16(15(14(24)9-20)17(25)22(3)19(23)27)21-18(26)28-11-13-7-5-4-6-8-13/h4-8,12H,9-11H2,1-3H3,(H,21,26). The van der Waals surface area contributed by atoms with Gasteiger partial charge in [0.25, 0.3) is 5.56 Å². The second-order valence-electron chi connectivity index (χ2n) is 6.62. The molecule has 8 nitrogen and oxygen atoms in total. The zero-order valence-electron chi connectivity index (χ0n) is 15.9. The number of alkyl halides is 1. The highest BCUT2D eigenvalue weighted by Crippen LogP contribution is 2.14. The predicted molar refractivity (Wildman–Crippen MR) is 106 cm³/mol. The number of hydrogen-bond donors (Lipinski definition) is 1. The van der Waals surface area contributed by atoms with Crippen molar-refractivity contribution in [2.75, 3.05) is 11.2 Å². The number of benzene rings is 1. The SMILES string of the molecule is CC(C)Cn1c(NC(=O)OCc2ccccc2)c(C(=O)CCl)c(=O)n(C)c1=O. The van der Waals surface area contributed by atoms with E-state index >= 15 is 0 Å². The molecule has 9 heteroatoms. The van der Waals surface area contributed by atoms with Gasteiger partial charge < -0.3 is 4.74 Å². The van der Waals surface area contributed by atoms with Crippen molar-refractivity contribution in [3.63, 3.8) is 0 Å². The fourth-order valence-corrected chi connectivity index (χ4v) is 2.74. The number of nitrogens with zero attached hydrogens (tertiary/aromatic N) is 2. The lowest BCUT2D eigenvalue weighted by Crippen LogP contribution is -2.44. The molecule has 1 heterocycles. The molecule has 0 bridgehead atoms. The Balaban J connectivity index is 2.44. The van der Waals surface area contributed by atoms with Crippen molar-refractivity contribution in [3.05, 3.63) is 62.3 Å². The Bertz CT molecular complexity index is 980. The summed E-state index contributed by atoms with van der Waals surface area (Å²) in [6.45, 7) is 3.89. The van der Waals surface area contributed by atoms with Crippen molar-refractivity contribution in [2.45, 2.75) is 27.0 Å². The van der Waals surface area contributed by atoms with Crippen molar-refractivity contribution in [1.82, 2.24) is 9.13 Å². The number of Topliss-reactive ketones (excluding diaryl/α,β-unsaturated/α-hetero) is 1. The molecule has 1 amide bonds. The number of amides is 1. The molecule has 2 aromatic rings. The fourth-order valence-electron chi connectivity index (χ4n) is 2.61. The van der Waals surface area contributed by atoms with Gasteiger partial charge in [-0.25, -0.2) is 9.59 Å². The molecule has 2 rings (SSSR count). The Labute approximate surface area is 166 Å². The normalized spacial score (nSPS) is 10.8. The van der Waals surface area contributed by atoms with Crippen molar-refractivity contribution < 1.29 is 14.3 Å².